The van der Waals surface area contributed by atoms with Crippen LogP contribution in [0.15, 0.2) is 36.5 Å². The Morgan fingerprint density at radius 3 is 2.65 bits per heavy atom. The zero-order valence-electron chi connectivity index (χ0n) is 10.7. The Balaban J connectivity index is 2.49. The van der Waals surface area contributed by atoms with Crippen molar-refractivity contribution < 1.29 is 19.4 Å². The summed E-state index contributed by atoms with van der Waals surface area (Å²) >= 11 is 0. The fourth-order valence-corrected chi connectivity index (χ4v) is 1.75. The number of benzene rings is 1. The number of anilines is 1. The van der Waals surface area contributed by atoms with E-state index in [9.17, 15) is 9.59 Å². The molecule has 0 radical (unpaired) electrons. The van der Waals surface area contributed by atoms with Crippen LogP contribution in [0.25, 0.3) is 11.1 Å². The zero-order chi connectivity index (χ0) is 14.7. The smallest absolute Gasteiger partial charge is 0.339 e. The van der Waals surface area contributed by atoms with Gasteiger partial charge in [-0.1, -0.05) is 12.1 Å². The molecule has 0 amide bonds. The summed E-state index contributed by atoms with van der Waals surface area (Å²) < 4.78 is 4.64. The highest BCUT2D eigenvalue weighted by molar-refractivity contribution is 5.95. The third-order valence-electron chi connectivity index (χ3n) is 2.77. The van der Waals surface area contributed by atoms with Crippen molar-refractivity contribution in [3.63, 3.8) is 0 Å². The molecule has 0 spiro atoms. The number of ether oxygens (including phenoxy) is 1. The first-order chi connectivity index (χ1) is 9.52. The molecule has 3 N–H and O–H groups in total. The Morgan fingerprint density at radius 2 is 2.00 bits per heavy atom. The summed E-state index contributed by atoms with van der Waals surface area (Å²) in [6, 6.07) is 8.05. The van der Waals surface area contributed by atoms with Crippen molar-refractivity contribution in [1.29, 1.82) is 0 Å². The number of nitrogens with zero attached hydrogens (tertiary/aromatic N) is 1. The highest BCUT2D eigenvalue weighted by Gasteiger charge is 2.12. The van der Waals surface area contributed by atoms with E-state index in [1.807, 2.05) is 0 Å². The third kappa shape index (κ3) is 2.59. The molecule has 1 heterocycles. The number of rotatable bonds is 3. The van der Waals surface area contributed by atoms with Crippen LogP contribution in [-0.2, 0) is 4.74 Å². The van der Waals surface area contributed by atoms with E-state index in [-0.39, 0.29) is 11.4 Å². The summed E-state index contributed by atoms with van der Waals surface area (Å²) in [5, 5.41) is 9.02. The van der Waals surface area contributed by atoms with E-state index in [4.69, 9.17) is 10.8 Å². The quantitative estimate of drug-likeness (QED) is 0.826. The molecule has 0 aliphatic carbocycles. The van der Waals surface area contributed by atoms with Crippen LogP contribution in [0.1, 0.15) is 20.7 Å². The van der Waals surface area contributed by atoms with Gasteiger partial charge >= 0.3 is 11.9 Å². The normalized spacial score (nSPS) is 10.1. The number of carboxylic acid groups (broad SMARTS) is 1. The lowest BCUT2D eigenvalue weighted by Crippen LogP contribution is -2.05. The number of carboxylic acids is 1. The van der Waals surface area contributed by atoms with Gasteiger partial charge in [0.25, 0.3) is 0 Å². The maximum Gasteiger partial charge on any atom is 0.339 e. The highest BCUT2D eigenvalue weighted by Crippen LogP contribution is 2.23. The molecule has 1 aromatic carbocycles. The van der Waals surface area contributed by atoms with Gasteiger partial charge in [-0.25, -0.2) is 14.6 Å². The standard InChI is InChI=1S/C14H12N2O4/c1-20-14(19)9-4-2-3-8(5-9)10-6-11(13(17)18)12(15)16-7-10/h2-7H,1H3,(H2,15,16)(H,17,18). The molecule has 1 aromatic heterocycles. The highest BCUT2D eigenvalue weighted by atomic mass is 16.5. The largest absolute Gasteiger partial charge is 0.478 e. The van der Waals surface area contributed by atoms with E-state index in [2.05, 4.69) is 9.72 Å². The van der Waals surface area contributed by atoms with Crippen LogP contribution in [0.3, 0.4) is 0 Å². The van der Waals surface area contributed by atoms with Crippen molar-refractivity contribution in [1.82, 2.24) is 4.98 Å². The first kappa shape index (κ1) is 13.5. The minimum atomic E-state index is -1.15. The molecule has 102 valence electrons. The number of nitrogens with two attached hydrogens (primary N) is 1. The van der Waals surface area contributed by atoms with Gasteiger partial charge in [-0.2, -0.15) is 0 Å². The van der Waals surface area contributed by atoms with E-state index >= 15 is 0 Å². The van der Waals surface area contributed by atoms with Gasteiger partial charge in [-0.15, -0.1) is 0 Å². The van der Waals surface area contributed by atoms with E-state index in [0.717, 1.165) is 0 Å². The summed E-state index contributed by atoms with van der Waals surface area (Å²) in [6.45, 7) is 0. The lowest BCUT2D eigenvalue weighted by atomic mass is 10.0. The number of aromatic nitrogens is 1. The predicted molar refractivity (Wildman–Crippen MR) is 72.4 cm³/mol. The fourth-order valence-electron chi connectivity index (χ4n) is 1.75. The molecule has 0 aliphatic rings. The maximum absolute atomic E-state index is 11.5. The second-order valence-corrected chi connectivity index (χ2v) is 4.03. The zero-order valence-corrected chi connectivity index (χ0v) is 10.7. The number of esters is 1. The van der Waals surface area contributed by atoms with Crippen molar-refractivity contribution in [3.8, 4) is 11.1 Å². The number of methoxy groups -OCH3 is 1. The van der Waals surface area contributed by atoms with Crippen molar-refractivity contribution in [2.75, 3.05) is 12.8 Å². The van der Waals surface area contributed by atoms with Crippen LogP contribution in [-0.4, -0.2) is 29.1 Å². The van der Waals surface area contributed by atoms with Gasteiger partial charge in [0.15, 0.2) is 0 Å². The number of hydrogen-bond donors (Lipinski definition) is 2. The number of pyridine rings is 1. The lowest BCUT2D eigenvalue weighted by Gasteiger charge is -2.06. The van der Waals surface area contributed by atoms with Gasteiger partial charge in [0, 0.05) is 11.8 Å². The van der Waals surface area contributed by atoms with Crippen molar-refractivity contribution in [2.24, 2.45) is 0 Å². The Bertz CT molecular complexity index is 683. The molecule has 2 rings (SSSR count). The van der Waals surface area contributed by atoms with Gasteiger partial charge in [-0.05, 0) is 23.8 Å². The number of aromatic carboxylic acids is 1. The summed E-state index contributed by atoms with van der Waals surface area (Å²) in [6.07, 6.45) is 1.46. The van der Waals surface area contributed by atoms with Crippen molar-refractivity contribution >= 4 is 17.8 Å². The topological polar surface area (TPSA) is 103 Å². The second-order valence-electron chi connectivity index (χ2n) is 4.03. The molecule has 0 bridgehead atoms. The molecule has 2 aromatic rings. The van der Waals surface area contributed by atoms with Crippen molar-refractivity contribution in [2.45, 2.75) is 0 Å². The molecule has 0 saturated heterocycles. The molecular formula is C14H12N2O4. The first-order valence-corrected chi connectivity index (χ1v) is 5.70. The lowest BCUT2D eigenvalue weighted by molar-refractivity contribution is 0.0600. The van der Waals surface area contributed by atoms with Crippen LogP contribution < -0.4 is 5.73 Å². The van der Waals surface area contributed by atoms with Crippen LogP contribution in [0.4, 0.5) is 5.82 Å². The molecular weight excluding hydrogens is 260 g/mol. The van der Waals surface area contributed by atoms with Crippen LogP contribution >= 0.6 is 0 Å². The maximum atomic E-state index is 11.5. The number of carbonyl (C=O) groups is 2. The van der Waals surface area contributed by atoms with E-state index in [1.54, 1.807) is 24.3 Å². The Labute approximate surface area is 114 Å². The summed E-state index contributed by atoms with van der Waals surface area (Å²) in [5.41, 5.74) is 7.01. The number of nitrogen functional groups attached to an aromatic ring is 1. The van der Waals surface area contributed by atoms with Gasteiger partial charge in [-0.3, -0.25) is 0 Å². The number of hydrogen-bond acceptors (Lipinski definition) is 5. The Kier molecular flexibility index (Phi) is 3.65. The summed E-state index contributed by atoms with van der Waals surface area (Å²) in [7, 11) is 1.29. The molecule has 0 aliphatic heterocycles. The summed E-state index contributed by atoms with van der Waals surface area (Å²) in [5.74, 6) is -1.67. The van der Waals surface area contributed by atoms with Gasteiger partial charge in [0.2, 0.25) is 0 Å². The minimum absolute atomic E-state index is 0.0506. The van der Waals surface area contributed by atoms with Gasteiger partial charge in [0.05, 0.1) is 12.7 Å². The van der Waals surface area contributed by atoms with Crippen LogP contribution in [0.2, 0.25) is 0 Å². The van der Waals surface area contributed by atoms with Gasteiger partial charge < -0.3 is 15.6 Å². The molecule has 20 heavy (non-hydrogen) atoms. The van der Waals surface area contributed by atoms with Crippen LogP contribution in [0.5, 0.6) is 0 Å². The molecule has 0 unspecified atom stereocenters. The molecule has 6 nitrogen and oxygen atoms in total. The fraction of sp³-hybridized carbons (Fsp3) is 0.0714. The van der Waals surface area contributed by atoms with Crippen molar-refractivity contribution in [3.05, 3.63) is 47.7 Å². The summed E-state index contributed by atoms with van der Waals surface area (Å²) in [4.78, 5) is 26.4. The number of carbonyl (C=O) groups excluding carboxylic acids is 1. The van der Waals surface area contributed by atoms with Gasteiger partial charge in [0.1, 0.15) is 11.4 Å². The Hall–Kier alpha value is -2.89. The first-order valence-electron chi connectivity index (χ1n) is 5.70. The SMILES string of the molecule is COC(=O)c1cccc(-c2cnc(N)c(C(=O)O)c2)c1. The van der Waals surface area contributed by atoms with Crippen LogP contribution in [0, 0.1) is 0 Å². The monoisotopic (exact) mass is 272 g/mol. The Morgan fingerprint density at radius 1 is 1.25 bits per heavy atom. The molecule has 0 atom stereocenters. The molecule has 0 fully saturated rings. The average molecular weight is 272 g/mol. The minimum Gasteiger partial charge on any atom is -0.478 e. The van der Waals surface area contributed by atoms with E-state index < -0.39 is 11.9 Å². The molecule has 6 heteroatoms. The molecule has 0 saturated carbocycles. The predicted octanol–water partition coefficient (Wildman–Crippen LogP) is 1.82. The second kappa shape index (κ2) is 5.40. The third-order valence-corrected chi connectivity index (χ3v) is 2.77. The average Bonchev–Trinajstić information content (AvgIpc) is 2.46. The van der Waals surface area contributed by atoms with E-state index in [0.29, 0.717) is 16.7 Å². The van der Waals surface area contributed by atoms with E-state index in [1.165, 1.54) is 19.4 Å².